The van der Waals surface area contributed by atoms with Crippen LogP contribution in [0.4, 0.5) is 16.3 Å². The Morgan fingerprint density at radius 2 is 1.77 bits per heavy atom. The van der Waals surface area contributed by atoms with Crippen molar-refractivity contribution in [2.45, 2.75) is 19.8 Å². The Morgan fingerprint density at radius 1 is 1.00 bits per heavy atom. The first-order chi connectivity index (χ1) is 17.2. The zero-order valence-electron chi connectivity index (χ0n) is 20.7. The van der Waals surface area contributed by atoms with Gasteiger partial charge in [0.25, 0.3) is 0 Å². The van der Waals surface area contributed by atoms with Crippen molar-refractivity contribution in [3.63, 3.8) is 0 Å². The predicted octanol–water partition coefficient (Wildman–Crippen LogP) is 2.51. The van der Waals surface area contributed by atoms with Gasteiger partial charge in [-0.2, -0.15) is 0 Å². The molecule has 0 atom stereocenters. The minimum atomic E-state index is -0.216. The monoisotopic (exact) mass is 480 g/mol. The molecule has 9 heteroatoms. The molecule has 3 aliphatic heterocycles. The van der Waals surface area contributed by atoms with Gasteiger partial charge in [-0.3, -0.25) is 4.90 Å². The predicted molar refractivity (Wildman–Crippen MR) is 136 cm³/mol. The van der Waals surface area contributed by atoms with E-state index in [-0.39, 0.29) is 6.09 Å². The van der Waals surface area contributed by atoms with Crippen LogP contribution in [0.3, 0.4) is 0 Å². The third kappa shape index (κ3) is 5.67. The molecule has 1 amide bonds. The molecule has 1 aromatic heterocycles. The van der Waals surface area contributed by atoms with Crippen LogP contribution in [0, 0.1) is 0 Å². The van der Waals surface area contributed by atoms with E-state index in [9.17, 15) is 4.79 Å². The van der Waals surface area contributed by atoms with Crippen LogP contribution in [-0.4, -0.2) is 105 Å². The van der Waals surface area contributed by atoms with Crippen LogP contribution < -0.4 is 9.80 Å². The normalized spacial score (nSPS) is 18.6. The number of carbonyl (C=O) groups excluding carboxylic acids is 1. The number of rotatable bonds is 7. The lowest BCUT2D eigenvalue weighted by Gasteiger charge is -2.35. The maximum absolute atomic E-state index is 11.9. The van der Waals surface area contributed by atoms with E-state index in [0.717, 1.165) is 94.8 Å². The Labute approximate surface area is 207 Å². The summed E-state index contributed by atoms with van der Waals surface area (Å²) in [4.78, 5) is 30.6. The number of piperazine rings is 1. The molecule has 1 aromatic carbocycles. The summed E-state index contributed by atoms with van der Waals surface area (Å²) < 4.78 is 10.6. The average molecular weight is 481 g/mol. The molecule has 35 heavy (non-hydrogen) atoms. The second-order valence-electron chi connectivity index (χ2n) is 9.31. The highest BCUT2D eigenvalue weighted by atomic mass is 16.6. The average Bonchev–Trinajstić information content (AvgIpc) is 3.32. The number of amides is 1. The van der Waals surface area contributed by atoms with Crippen molar-refractivity contribution >= 4 is 17.6 Å². The first kappa shape index (κ1) is 23.8. The highest BCUT2D eigenvalue weighted by Gasteiger charge is 2.24. The molecular formula is C26H36N6O3. The second kappa shape index (κ2) is 11.2. The third-order valence-corrected chi connectivity index (χ3v) is 7.09. The van der Waals surface area contributed by atoms with Crippen molar-refractivity contribution in [2.75, 3.05) is 88.5 Å². The molecule has 2 saturated heterocycles. The summed E-state index contributed by atoms with van der Waals surface area (Å²) in [6, 6.07) is 8.47. The minimum absolute atomic E-state index is 0.216. The number of aromatic nitrogens is 2. The molecule has 4 heterocycles. The summed E-state index contributed by atoms with van der Waals surface area (Å²) in [6.07, 6.45) is 3.94. The van der Waals surface area contributed by atoms with Gasteiger partial charge in [0.2, 0.25) is 0 Å². The number of hydrogen-bond acceptors (Lipinski definition) is 8. The van der Waals surface area contributed by atoms with Gasteiger partial charge in [0.15, 0.2) is 5.82 Å². The Hall–Kier alpha value is -2.91. The number of ether oxygens (including phenoxy) is 2. The van der Waals surface area contributed by atoms with Gasteiger partial charge in [-0.1, -0.05) is 0 Å². The van der Waals surface area contributed by atoms with E-state index in [2.05, 4.69) is 43.9 Å². The molecule has 9 nitrogen and oxygen atoms in total. The van der Waals surface area contributed by atoms with E-state index in [1.54, 1.807) is 4.90 Å². The van der Waals surface area contributed by atoms with E-state index in [1.807, 2.05) is 13.1 Å². The molecule has 0 saturated carbocycles. The van der Waals surface area contributed by atoms with Gasteiger partial charge in [0.1, 0.15) is 5.82 Å². The second-order valence-corrected chi connectivity index (χ2v) is 9.31. The lowest BCUT2D eigenvalue weighted by Crippen LogP contribution is -2.49. The number of morpholine rings is 1. The highest BCUT2D eigenvalue weighted by molar-refractivity contribution is 5.68. The fourth-order valence-corrected chi connectivity index (χ4v) is 5.06. The summed E-state index contributed by atoms with van der Waals surface area (Å²) in [5.74, 6) is 1.87. The van der Waals surface area contributed by atoms with Gasteiger partial charge >= 0.3 is 6.09 Å². The summed E-state index contributed by atoms with van der Waals surface area (Å²) >= 11 is 0. The van der Waals surface area contributed by atoms with Gasteiger partial charge in [0, 0.05) is 81.9 Å². The molecule has 3 aliphatic rings. The first-order valence-corrected chi connectivity index (χ1v) is 12.9. The van der Waals surface area contributed by atoms with Crippen LogP contribution in [0.25, 0.3) is 11.4 Å². The van der Waals surface area contributed by atoms with Crippen LogP contribution in [0.2, 0.25) is 0 Å². The van der Waals surface area contributed by atoms with Crippen LogP contribution in [0.1, 0.15) is 18.9 Å². The zero-order chi connectivity index (χ0) is 24.0. The number of hydrogen-bond donors (Lipinski definition) is 0. The topological polar surface area (TPSA) is 74.3 Å². The highest BCUT2D eigenvalue weighted by Crippen LogP contribution is 2.29. The van der Waals surface area contributed by atoms with Crippen molar-refractivity contribution in [3.05, 3.63) is 36.0 Å². The Bertz CT molecular complexity index is 987. The molecule has 0 radical (unpaired) electrons. The molecule has 2 fully saturated rings. The molecule has 188 valence electrons. The molecule has 0 aliphatic carbocycles. The number of anilines is 2. The molecule has 0 unspecified atom stereocenters. The summed E-state index contributed by atoms with van der Waals surface area (Å²) in [5, 5.41) is 0. The van der Waals surface area contributed by atoms with Gasteiger partial charge in [-0.25, -0.2) is 14.8 Å². The smallest absolute Gasteiger partial charge is 0.409 e. The molecule has 5 rings (SSSR count). The fourth-order valence-electron chi connectivity index (χ4n) is 5.06. The first-order valence-electron chi connectivity index (χ1n) is 12.9. The van der Waals surface area contributed by atoms with Crippen molar-refractivity contribution in [3.8, 4) is 11.4 Å². The maximum atomic E-state index is 11.9. The van der Waals surface area contributed by atoms with Crippen LogP contribution >= 0.6 is 0 Å². The van der Waals surface area contributed by atoms with E-state index in [0.29, 0.717) is 19.7 Å². The number of fused-ring (bicyclic) bond motifs is 1. The van der Waals surface area contributed by atoms with Crippen LogP contribution in [0.5, 0.6) is 0 Å². The van der Waals surface area contributed by atoms with Crippen molar-refractivity contribution in [2.24, 2.45) is 0 Å². The number of benzene rings is 1. The lowest BCUT2D eigenvalue weighted by atomic mass is 10.1. The lowest BCUT2D eigenvalue weighted by molar-refractivity contribution is 0.0376. The van der Waals surface area contributed by atoms with Crippen molar-refractivity contribution < 1.29 is 14.3 Å². The van der Waals surface area contributed by atoms with Gasteiger partial charge in [-0.05, 0) is 44.0 Å². The van der Waals surface area contributed by atoms with Gasteiger partial charge in [-0.15, -0.1) is 0 Å². The van der Waals surface area contributed by atoms with E-state index < -0.39 is 0 Å². The third-order valence-electron chi connectivity index (χ3n) is 7.09. The van der Waals surface area contributed by atoms with Crippen molar-refractivity contribution in [1.29, 1.82) is 0 Å². The van der Waals surface area contributed by atoms with Gasteiger partial charge < -0.3 is 24.2 Å². The molecule has 2 aromatic rings. The SMILES string of the molecule is CCOC(=O)N1CCN(c2ccc(-c3ncc4c(n3)N(CCCN3CCOCC3)CC4)cc2)CC1. The van der Waals surface area contributed by atoms with E-state index >= 15 is 0 Å². The van der Waals surface area contributed by atoms with E-state index in [4.69, 9.17) is 14.5 Å². The Morgan fingerprint density at radius 3 is 2.51 bits per heavy atom. The zero-order valence-corrected chi connectivity index (χ0v) is 20.7. The quantitative estimate of drug-likeness (QED) is 0.599. The van der Waals surface area contributed by atoms with E-state index in [1.165, 1.54) is 5.56 Å². The van der Waals surface area contributed by atoms with Crippen molar-refractivity contribution in [1.82, 2.24) is 19.8 Å². The summed E-state index contributed by atoms with van der Waals surface area (Å²) in [7, 11) is 0. The summed E-state index contributed by atoms with van der Waals surface area (Å²) in [5.41, 5.74) is 3.43. The Balaban J connectivity index is 1.18. The minimum Gasteiger partial charge on any atom is -0.450 e. The molecule has 0 spiro atoms. The summed E-state index contributed by atoms with van der Waals surface area (Å²) in [6.45, 7) is 12.2. The largest absolute Gasteiger partial charge is 0.450 e. The van der Waals surface area contributed by atoms with Gasteiger partial charge in [0.05, 0.1) is 19.8 Å². The number of nitrogens with zero attached hydrogens (tertiary/aromatic N) is 6. The standard InChI is InChI=1S/C26H36N6O3/c1-2-35-26(33)32-14-12-30(13-15-32)23-6-4-21(5-7-23)24-27-20-22-8-11-31(25(22)28-24)10-3-9-29-16-18-34-19-17-29/h4-7,20H,2-3,8-19H2,1H3. The van der Waals surface area contributed by atoms with Crippen LogP contribution in [0.15, 0.2) is 30.5 Å². The molecule has 0 N–H and O–H groups in total. The fraction of sp³-hybridized carbons (Fsp3) is 0.577. The molecule has 0 bridgehead atoms. The molecular weight excluding hydrogens is 444 g/mol. The van der Waals surface area contributed by atoms with Crippen LogP contribution in [-0.2, 0) is 15.9 Å². The maximum Gasteiger partial charge on any atom is 0.409 e. The number of carbonyl (C=O) groups is 1. The Kier molecular flexibility index (Phi) is 7.63.